The lowest BCUT2D eigenvalue weighted by Gasteiger charge is -2.33. The Morgan fingerprint density at radius 3 is 2.93 bits per heavy atom. The molecule has 2 heterocycles. The molecule has 15 heavy (non-hydrogen) atoms. The minimum Gasteiger partial charge on any atom is -0.394 e. The third-order valence-corrected chi connectivity index (χ3v) is 3.93. The molecule has 0 aliphatic carbocycles. The number of aliphatic hydroxyl groups is 2. The van der Waals surface area contributed by atoms with E-state index in [1.807, 2.05) is 19.0 Å². The van der Waals surface area contributed by atoms with Gasteiger partial charge in [-0.1, -0.05) is 11.8 Å². The predicted octanol–water partition coefficient (Wildman–Crippen LogP) is -0.512. The van der Waals surface area contributed by atoms with Crippen molar-refractivity contribution in [1.29, 1.82) is 0 Å². The summed E-state index contributed by atoms with van der Waals surface area (Å²) >= 11 is 1.56. The first-order valence-electron chi connectivity index (χ1n) is 4.98. The average molecular weight is 232 g/mol. The van der Waals surface area contributed by atoms with Crippen molar-refractivity contribution >= 4 is 16.9 Å². The highest BCUT2D eigenvalue weighted by Gasteiger charge is 2.41. The first-order valence-corrected chi connectivity index (χ1v) is 5.86. The summed E-state index contributed by atoms with van der Waals surface area (Å²) in [4.78, 5) is 6.40. The van der Waals surface area contributed by atoms with Gasteiger partial charge in [0, 0.05) is 20.5 Å². The Morgan fingerprint density at radius 1 is 1.60 bits per heavy atom. The van der Waals surface area contributed by atoms with Crippen LogP contribution in [0, 0.1) is 0 Å². The Morgan fingerprint density at radius 2 is 2.33 bits per heavy atom. The van der Waals surface area contributed by atoms with Crippen LogP contribution < -0.4 is 0 Å². The number of aliphatic imine (C=N–C) groups is 1. The molecule has 0 aromatic rings. The van der Waals surface area contributed by atoms with E-state index < -0.39 is 12.2 Å². The van der Waals surface area contributed by atoms with Gasteiger partial charge in [-0.3, -0.25) is 4.99 Å². The normalized spacial score (nSPS) is 39.9. The molecule has 86 valence electrons. The second-order valence-electron chi connectivity index (χ2n) is 4.02. The quantitative estimate of drug-likeness (QED) is 0.637. The standard InChI is InChI=1S/C9H16N2O3S/c1-11(2)9-10-5-3-6(13)7(4-12)14-8(5)15-9/h5-8,12-13H,3-4H2,1-2H3. The van der Waals surface area contributed by atoms with Crippen molar-refractivity contribution < 1.29 is 14.9 Å². The number of aliphatic hydroxyl groups excluding tert-OH is 2. The van der Waals surface area contributed by atoms with Gasteiger partial charge in [-0.25, -0.2) is 0 Å². The molecule has 2 N–H and O–H groups in total. The van der Waals surface area contributed by atoms with Gasteiger partial charge in [0.05, 0.1) is 18.8 Å². The number of fused-ring (bicyclic) bond motifs is 1. The molecule has 1 fully saturated rings. The molecule has 0 radical (unpaired) electrons. The monoisotopic (exact) mass is 232 g/mol. The summed E-state index contributed by atoms with van der Waals surface area (Å²) in [7, 11) is 3.87. The summed E-state index contributed by atoms with van der Waals surface area (Å²) in [6, 6.07) is 0.0187. The van der Waals surface area contributed by atoms with Crippen LogP contribution in [0.4, 0.5) is 0 Å². The second kappa shape index (κ2) is 4.29. The lowest BCUT2D eigenvalue weighted by molar-refractivity contribution is -0.111. The van der Waals surface area contributed by atoms with Crippen LogP contribution in [0.5, 0.6) is 0 Å². The smallest absolute Gasteiger partial charge is 0.161 e. The third kappa shape index (κ3) is 2.13. The maximum atomic E-state index is 9.66. The van der Waals surface area contributed by atoms with Gasteiger partial charge in [-0.05, 0) is 0 Å². The summed E-state index contributed by atoms with van der Waals surface area (Å²) in [5.74, 6) is 0. The van der Waals surface area contributed by atoms with Crippen molar-refractivity contribution in [2.75, 3.05) is 20.7 Å². The second-order valence-corrected chi connectivity index (χ2v) is 5.09. The van der Waals surface area contributed by atoms with Crippen molar-refractivity contribution in [3.05, 3.63) is 0 Å². The minimum atomic E-state index is -0.609. The van der Waals surface area contributed by atoms with Gasteiger partial charge in [-0.15, -0.1) is 0 Å². The molecule has 0 aromatic carbocycles. The lowest BCUT2D eigenvalue weighted by Crippen LogP contribution is -2.45. The van der Waals surface area contributed by atoms with Crippen LogP contribution in [0.1, 0.15) is 6.42 Å². The Balaban J connectivity index is 2.04. The van der Waals surface area contributed by atoms with Gasteiger partial charge in [0.2, 0.25) is 0 Å². The maximum absolute atomic E-state index is 9.66. The molecule has 2 rings (SSSR count). The highest BCUT2D eigenvalue weighted by molar-refractivity contribution is 8.14. The van der Waals surface area contributed by atoms with E-state index in [2.05, 4.69) is 4.99 Å². The van der Waals surface area contributed by atoms with Gasteiger partial charge < -0.3 is 19.8 Å². The first kappa shape index (κ1) is 11.2. The zero-order valence-corrected chi connectivity index (χ0v) is 9.65. The molecule has 0 amide bonds. The van der Waals surface area contributed by atoms with Crippen LogP contribution in [-0.2, 0) is 4.74 Å². The molecule has 2 aliphatic rings. The molecule has 4 unspecified atom stereocenters. The summed E-state index contributed by atoms with van der Waals surface area (Å²) in [5, 5.41) is 19.6. The van der Waals surface area contributed by atoms with Crippen molar-refractivity contribution in [1.82, 2.24) is 4.90 Å². The zero-order chi connectivity index (χ0) is 11.0. The fourth-order valence-corrected chi connectivity index (χ4v) is 2.89. The molecule has 0 bridgehead atoms. The third-order valence-electron chi connectivity index (χ3n) is 2.60. The number of rotatable bonds is 1. The Hall–Kier alpha value is -0.300. The fourth-order valence-electron chi connectivity index (χ4n) is 1.75. The van der Waals surface area contributed by atoms with Crippen molar-refractivity contribution in [2.45, 2.75) is 30.1 Å². The molecular weight excluding hydrogens is 216 g/mol. The van der Waals surface area contributed by atoms with E-state index in [0.29, 0.717) is 6.42 Å². The number of thioether (sulfide) groups is 1. The molecular formula is C9H16N2O3S. The summed E-state index contributed by atoms with van der Waals surface area (Å²) in [6.45, 7) is -0.137. The van der Waals surface area contributed by atoms with Crippen LogP contribution in [-0.4, -0.2) is 64.7 Å². The van der Waals surface area contributed by atoms with Crippen LogP contribution in [0.3, 0.4) is 0 Å². The van der Waals surface area contributed by atoms with Gasteiger partial charge in [0.1, 0.15) is 11.5 Å². The van der Waals surface area contributed by atoms with Crippen molar-refractivity contribution in [3.63, 3.8) is 0 Å². The van der Waals surface area contributed by atoms with E-state index in [1.54, 1.807) is 11.8 Å². The average Bonchev–Trinajstić information content (AvgIpc) is 2.59. The van der Waals surface area contributed by atoms with Crippen LogP contribution in [0.2, 0.25) is 0 Å². The van der Waals surface area contributed by atoms with Gasteiger partial charge in [0.25, 0.3) is 0 Å². The van der Waals surface area contributed by atoms with Crippen LogP contribution >= 0.6 is 11.8 Å². The van der Waals surface area contributed by atoms with E-state index in [0.717, 1.165) is 5.17 Å². The highest BCUT2D eigenvalue weighted by atomic mass is 32.2. The predicted molar refractivity (Wildman–Crippen MR) is 58.9 cm³/mol. The molecule has 6 heteroatoms. The van der Waals surface area contributed by atoms with E-state index in [4.69, 9.17) is 9.84 Å². The number of amidine groups is 1. The van der Waals surface area contributed by atoms with Crippen LogP contribution in [0.25, 0.3) is 0 Å². The summed E-state index contributed by atoms with van der Waals surface area (Å²) in [5.41, 5.74) is -0.0528. The van der Waals surface area contributed by atoms with Gasteiger partial charge in [-0.2, -0.15) is 0 Å². The molecule has 5 nitrogen and oxygen atoms in total. The number of hydrogen-bond acceptors (Lipinski definition) is 6. The van der Waals surface area contributed by atoms with Crippen molar-refractivity contribution in [3.8, 4) is 0 Å². The maximum Gasteiger partial charge on any atom is 0.161 e. The number of ether oxygens (including phenoxy) is 1. The molecule has 0 spiro atoms. The molecule has 0 saturated carbocycles. The SMILES string of the molecule is CN(C)C1=NC2CC(O)C(CO)OC2S1. The van der Waals surface area contributed by atoms with E-state index >= 15 is 0 Å². The van der Waals surface area contributed by atoms with E-state index in [-0.39, 0.29) is 18.1 Å². The van der Waals surface area contributed by atoms with Gasteiger partial charge in [0.15, 0.2) is 5.17 Å². The van der Waals surface area contributed by atoms with Crippen molar-refractivity contribution in [2.24, 2.45) is 4.99 Å². The molecule has 4 atom stereocenters. The lowest BCUT2D eigenvalue weighted by atomic mass is 10.0. The van der Waals surface area contributed by atoms with E-state index in [9.17, 15) is 5.11 Å². The molecule has 0 aromatic heterocycles. The Labute approximate surface area is 93.1 Å². The van der Waals surface area contributed by atoms with Crippen LogP contribution in [0.15, 0.2) is 4.99 Å². The minimum absolute atomic E-state index is 0.0187. The fraction of sp³-hybridized carbons (Fsp3) is 0.889. The van der Waals surface area contributed by atoms with E-state index in [1.165, 1.54) is 0 Å². The number of nitrogens with zero attached hydrogens (tertiary/aromatic N) is 2. The summed E-state index contributed by atoms with van der Waals surface area (Å²) < 4.78 is 5.57. The molecule has 2 aliphatic heterocycles. The Kier molecular flexibility index (Phi) is 3.20. The number of hydrogen-bond donors (Lipinski definition) is 2. The first-order chi connectivity index (χ1) is 7.11. The topological polar surface area (TPSA) is 65.3 Å². The Bertz CT molecular complexity index is 272. The highest BCUT2D eigenvalue weighted by Crippen LogP contribution is 2.36. The summed E-state index contributed by atoms with van der Waals surface area (Å²) in [6.07, 6.45) is -0.502. The molecule has 1 saturated heterocycles. The zero-order valence-electron chi connectivity index (χ0n) is 8.83. The largest absolute Gasteiger partial charge is 0.394 e. The van der Waals surface area contributed by atoms with Gasteiger partial charge >= 0.3 is 0 Å².